The summed E-state index contributed by atoms with van der Waals surface area (Å²) in [5, 5.41) is 3.91. The molecule has 0 saturated heterocycles. The fourth-order valence-corrected chi connectivity index (χ4v) is 4.99. The summed E-state index contributed by atoms with van der Waals surface area (Å²) in [5.74, 6) is 0.0541. The van der Waals surface area contributed by atoms with Crippen molar-refractivity contribution in [1.29, 1.82) is 0 Å². The summed E-state index contributed by atoms with van der Waals surface area (Å²) in [7, 11) is -2.71. The summed E-state index contributed by atoms with van der Waals surface area (Å²) >= 11 is -0.278. The van der Waals surface area contributed by atoms with Gasteiger partial charge in [-0.3, -0.25) is 14.1 Å². The predicted molar refractivity (Wildman–Crippen MR) is 120 cm³/mol. The predicted octanol–water partition coefficient (Wildman–Crippen LogP) is 4.71. The number of anilines is 1. The van der Waals surface area contributed by atoms with Crippen LogP contribution in [-0.2, 0) is 10.0 Å². The topological polar surface area (TPSA) is 103 Å². The smallest absolute Gasteiger partial charge is 0.446 e. The van der Waals surface area contributed by atoms with E-state index in [0.29, 0.717) is 10.9 Å². The Morgan fingerprint density at radius 1 is 1.12 bits per heavy atom. The second-order valence-corrected chi connectivity index (χ2v) is 9.84. The van der Waals surface area contributed by atoms with Gasteiger partial charge in [-0.25, -0.2) is 8.42 Å². The number of nitrogens with one attached hydrogen (secondary N) is 1. The minimum Gasteiger partial charge on any atom is -0.495 e. The second kappa shape index (κ2) is 8.72. The number of sulfonamides is 1. The summed E-state index contributed by atoms with van der Waals surface area (Å²) in [4.78, 5) is 12.6. The zero-order valence-electron chi connectivity index (χ0n) is 17.6. The van der Waals surface area contributed by atoms with E-state index in [4.69, 9.17) is 4.74 Å². The maximum Gasteiger partial charge on any atom is 0.446 e. The van der Waals surface area contributed by atoms with E-state index in [1.807, 2.05) is 0 Å². The lowest BCUT2D eigenvalue weighted by atomic mass is 10.1. The van der Waals surface area contributed by atoms with Gasteiger partial charge in [0.15, 0.2) is 5.82 Å². The molecule has 0 amide bonds. The highest BCUT2D eigenvalue weighted by atomic mass is 32.2. The number of alkyl halides is 3. The Hall–Kier alpha value is -3.45. The first-order chi connectivity index (χ1) is 16.0. The fourth-order valence-electron chi connectivity index (χ4n) is 3.33. The molecule has 4 rings (SSSR count). The van der Waals surface area contributed by atoms with Crippen molar-refractivity contribution in [3.63, 3.8) is 0 Å². The molecule has 13 heteroatoms. The highest BCUT2D eigenvalue weighted by Crippen LogP contribution is 2.41. The van der Waals surface area contributed by atoms with Crippen LogP contribution in [0.25, 0.3) is 16.6 Å². The Kier molecular flexibility index (Phi) is 6.08. The van der Waals surface area contributed by atoms with E-state index in [2.05, 4.69) is 14.4 Å². The lowest BCUT2D eigenvalue weighted by Crippen LogP contribution is -2.19. The average molecular weight is 512 g/mol. The van der Waals surface area contributed by atoms with Gasteiger partial charge in [-0.2, -0.15) is 13.2 Å². The van der Waals surface area contributed by atoms with Crippen molar-refractivity contribution in [3.8, 4) is 11.4 Å². The number of hydrogen-bond donors (Lipinski definition) is 1. The van der Waals surface area contributed by atoms with Crippen LogP contribution in [-0.4, -0.2) is 30.8 Å². The van der Waals surface area contributed by atoms with Gasteiger partial charge in [0.05, 0.1) is 23.2 Å². The third-order valence-electron chi connectivity index (χ3n) is 4.80. The molecule has 2 aromatic carbocycles. The third-order valence-corrected chi connectivity index (χ3v) is 7.04. The first kappa shape index (κ1) is 23.7. The Bertz CT molecular complexity index is 1530. The number of methoxy groups -OCH3 is 1. The molecular weight excluding hydrogens is 495 g/mol. The zero-order chi connectivity index (χ0) is 24.7. The molecular formula is C21H16F3N3O5S2. The molecule has 0 aliphatic carbocycles. The zero-order valence-corrected chi connectivity index (χ0v) is 19.2. The van der Waals surface area contributed by atoms with Gasteiger partial charge in [-0.15, -0.1) is 0 Å². The van der Waals surface area contributed by atoms with E-state index in [9.17, 15) is 26.4 Å². The highest BCUT2D eigenvalue weighted by molar-refractivity contribution is 8.00. The number of benzene rings is 2. The molecule has 0 saturated carbocycles. The van der Waals surface area contributed by atoms with Gasteiger partial charge in [-0.1, -0.05) is 5.16 Å². The van der Waals surface area contributed by atoms with Crippen molar-refractivity contribution in [2.24, 2.45) is 0 Å². The van der Waals surface area contributed by atoms with Gasteiger partial charge >= 0.3 is 5.51 Å². The summed E-state index contributed by atoms with van der Waals surface area (Å²) in [6, 6.07) is 10.8. The van der Waals surface area contributed by atoms with Crippen molar-refractivity contribution < 1.29 is 30.8 Å². The van der Waals surface area contributed by atoms with E-state index in [-0.39, 0.29) is 44.4 Å². The molecule has 2 heterocycles. The molecule has 0 aliphatic heterocycles. The number of nitrogens with zero attached hydrogens (tertiary/aromatic N) is 2. The molecule has 0 aliphatic rings. The summed E-state index contributed by atoms with van der Waals surface area (Å²) in [6.07, 6.45) is 1.21. The Labute approximate surface area is 195 Å². The first-order valence-corrected chi connectivity index (χ1v) is 11.8. The Morgan fingerprint density at radius 3 is 2.53 bits per heavy atom. The lowest BCUT2D eigenvalue weighted by Gasteiger charge is -2.17. The number of ether oxygens (including phenoxy) is 1. The van der Waals surface area contributed by atoms with Crippen LogP contribution in [0, 0.1) is 6.92 Å². The van der Waals surface area contributed by atoms with Crippen LogP contribution in [0.4, 0.5) is 19.0 Å². The summed E-state index contributed by atoms with van der Waals surface area (Å²) in [5.41, 5.74) is -4.12. The fraction of sp³-hybridized carbons (Fsp3) is 0.143. The number of rotatable bonds is 6. The minimum atomic E-state index is -4.49. The molecule has 0 radical (unpaired) electrons. The van der Waals surface area contributed by atoms with Crippen LogP contribution < -0.4 is 15.0 Å². The molecule has 0 unspecified atom stereocenters. The number of aryl methyl sites for hydroxylation is 1. The number of aromatic nitrogens is 2. The Morgan fingerprint density at radius 2 is 1.88 bits per heavy atom. The molecule has 178 valence electrons. The molecule has 0 fully saturated rings. The number of halogens is 3. The van der Waals surface area contributed by atoms with Crippen LogP contribution in [0.5, 0.6) is 5.75 Å². The van der Waals surface area contributed by atoms with Crippen LogP contribution in [0.2, 0.25) is 0 Å². The quantitative estimate of drug-likeness (QED) is 0.374. The van der Waals surface area contributed by atoms with E-state index < -0.39 is 21.1 Å². The van der Waals surface area contributed by atoms with E-state index in [1.54, 1.807) is 0 Å². The van der Waals surface area contributed by atoms with Gasteiger partial charge in [-0.05, 0) is 60.6 Å². The van der Waals surface area contributed by atoms with Crippen molar-refractivity contribution in [2.45, 2.75) is 22.2 Å². The van der Waals surface area contributed by atoms with E-state index in [1.165, 1.54) is 73.4 Å². The van der Waals surface area contributed by atoms with Crippen molar-refractivity contribution in [3.05, 3.63) is 70.7 Å². The summed E-state index contributed by atoms with van der Waals surface area (Å²) < 4.78 is 77.5. The van der Waals surface area contributed by atoms with Crippen LogP contribution in [0.1, 0.15) is 5.56 Å². The van der Waals surface area contributed by atoms with Crippen molar-refractivity contribution in [1.82, 2.24) is 9.72 Å². The van der Waals surface area contributed by atoms with E-state index >= 15 is 0 Å². The molecule has 4 aromatic rings. The van der Waals surface area contributed by atoms with Gasteiger partial charge in [0.2, 0.25) is 0 Å². The SMILES string of the molecule is COc1cc(SC(F)(F)F)c(C)cc1-n1c(=O)ccc2cc(S(=O)(=O)Nc3ccon3)ccc21. The molecule has 1 N–H and O–H groups in total. The molecule has 34 heavy (non-hydrogen) atoms. The molecule has 2 aromatic heterocycles. The number of fused-ring (bicyclic) bond motifs is 1. The highest BCUT2D eigenvalue weighted by Gasteiger charge is 2.31. The second-order valence-electron chi connectivity index (χ2n) is 7.06. The van der Waals surface area contributed by atoms with Crippen LogP contribution in [0.15, 0.2) is 73.9 Å². The first-order valence-electron chi connectivity index (χ1n) is 9.52. The maximum absolute atomic E-state index is 12.9. The Balaban J connectivity index is 1.85. The van der Waals surface area contributed by atoms with Gasteiger partial charge < -0.3 is 9.26 Å². The monoisotopic (exact) mass is 511 g/mol. The molecule has 8 nitrogen and oxygen atoms in total. The van der Waals surface area contributed by atoms with Gasteiger partial charge in [0.25, 0.3) is 15.6 Å². The van der Waals surface area contributed by atoms with Gasteiger partial charge in [0, 0.05) is 22.4 Å². The molecule has 0 spiro atoms. The largest absolute Gasteiger partial charge is 0.495 e. The van der Waals surface area contributed by atoms with Crippen LogP contribution >= 0.6 is 11.8 Å². The molecule has 0 atom stereocenters. The number of pyridine rings is 1. The number of hydrogen-bond acceptors (Lipinski definition) is 7. The van der Waals surface area contributed by atoms with Crippen molar-refractivity contribution >= 4 is 38.5 Å². The van der Waals surface area contributed by atoms with Gasteiger partial charge in [0.1, 0.15) is 12.0 Å². The molecule has 0 bridgehead atoms. The van der Waals surface area contributed by atoms with Crippen molar-refractivity contribution in [2.75, 3.05) is 11.8 Å². The van der Waals surface area contributed by atoms with Crippen LogP contribution in [0.3, 0.4) is 0 Å². The minimum absolute atomic E-state index is 0.00194. The maximum atomic E-state index is 12.9. The standard InChI is InChI=1S/C21H16F3N3O5S2/c1-12-9-16(17(31-2)11-18(12)33-21(22,23)24)27-15-5-4-14(10-13(15)3-6-20(27)28)34(29,30)26-19-7-8-32-25-19/h3-11H,1-2H3,(H,25,26). The summed E-state index contributed by atoms with van der Waals surface area (Å²) in [6.45, 7) is 1.49. The third kappa shape index (κ3) is 4.75. The number of thioether (sulfide) groups is 1. The van der Waals surface area contributed by atoms with E-state index in [0.717, 1.165) is 0 Å². The normalized spacial score (nSPS) is 12.1. The average Bonchev–Trinajstić information content (AvgIpc) is 3.26. The lowest BCUT2D eigenvalue weighted by molar-refractivity contribution is -0.0328.